The fraction of sp³-hybridized carbons (Fsp3) is 0.0690. The highest BCUT2D eigenvalue weighted by atomic mass is 19.1. The highest BCUT2D eigenvalue weighted by Crippen LogP contribution is 2.35. The molecule has 3 N–H and O–H groups in total. The number of halogens is 1. The van der Waals surface area contributed by atoms with Gasteiger partial charge in [-0.25, -0.2) is 14.4 Å². The number of imidazole rings is 1. The van der Waals surface area contributed by atoms with Crippen molar-refractivity contribution < 1.29 is 9.18 Å². The molecule has 4 aromatic heterocycles. The average molecular weight is 504 g/mol. The lowest BCUT2D eigenvalue weighted by Gasteiger charge is -2.14. The van der Waals surface area contributed by atoms with Gasteiger partial charge in [0.25, 0.3) is 5.91 Å². The van der Waals surface area contributed by atoms with E-state index in [-0.39, 0.29) is 29.8 Å². The molecule has 6 rings (SSSR count). The number of aromatic nitrogens is 5. The molecule has 9 heteroatoms. The van der Waals surface area contributed by atoms with E-state index in [1.54, 1.807) is 35.1 Å². The van der Waals surface area contributed by atoms with E-state index < -0.39 is 0 Å². The molecule has 0 aliphatic carbocycles. The summed E-state index contributed by atoms with van der Waals surface area (Å²) in [6.45, 7) is 2.28. The summed E-state index contributed by atoms with van der Waals surface area (Å²) in [6, 6.07) is 19.4. The number of anilines is 1. The maximum absolute atomic E-state index is 13.7. The van der Waals surface area contributed by atoms with E-state index in [0.29, 0.717) is 22.6 Å². The Kier molecular flexibility index (Phi) is 5.72. The molecule has 4 heterocycles. The Labute approximate surface area is 217 Å². The SMILES string of the molecule is Cc1ccnc2ccc(-c3c(-c4ccc(F)cc4)nc(N)c4nc(C(=O)NCc5ccccn5)cn34)cc12. The first-order valence-electron chi connectivity index (χ1n) is 12.0. The van der Waals surface area contributed by atoms with Gasteiger partial charge in [-0.3, -0.25) is 19.2 Å². The summed E-state index contributed by atoms with van der Waals surface area (Å²) in [6.07, 6.45) is 5.09. The third-order valence-electron chi connectivity index (χ3n) is 6.37. The molecule has 8 nitrogen and oxygen atoms in total. The number of nitrogens with zero attached hydrogens (tertiary/aromatic N) is 5. The van der Waals surface area contributed by atoms with Crippen molar-refractivity contribution in [3.05, 3.63) is 108 Å². The number of benzene rings is 2. The molecule has 6 aromatic rings. The molecule has 0 saturated heterocycles. The second kappa shape index (κ2) is 9.36. The van der Waals surface area contributed by atoms with Crippen LogP contribution in [0.3, 0.4) is 0 Å². The Morgan fingerprint density at radius 3 is 2.58 bits per heavy atom. The van der Waals surface area contributed by atoms with E-state index in [1.165, 1.54) is 12.1 Å². The molecule has 0 atom stereocenters. The number of hydrogen-bond donors (Lipinski definition) is 2. The van der Waals surface area contributed by atoms with E-state index in [4.69, 9.17) is 5.73 Å². The van der Waals surface area contributed by atoms with Crippen LogP contribution >= 0.6 is 0 Å². The van der Waals surface area contributed by atoms with Gasteiger partial charge in [-0.2, -0.15) is 0 Å². The molecule has 0 fully saturated rings. The summed E-state index contributed by atoms with van der Waals surface area (Å²) < 4.78 is 15.5. The maximum Gasteiger partial charge on any atom is 0.271 e. The summed E-state index contributed by atoms with van der Waals surface area (Å²) in [5, 5.41) is 3.83. The fourth-order valence-electron chi connectivity index (χ4n) is 4.46. The predicted octanol–water partition coefficient (Wildman–Crippen LogP) is 4.97. The number of nitrogens with one attached hydrogen (secondary N) is 1. The first-order valence-corrected chi connectivity index (χ1v) is 12.0. The molecule has 0 spiro atoms. The normalized spacial score (nSPS) is 11.2. The lowest BCUT2D eigenvalue weighted by molar-refractivity contribution is 0.0946. The Hall–Kier alpha value is -5.18. The second-order valence-corrected chi connectivity index (χ2v) is 8.88. The van der Waals surface area contributed by atoms with E-state index in [2.05, 4.69) is 25.3 Å². The lowest BCUT2D eigenvalue weighted by atomic mass is 10.0. The molecular weight excluding hydrogens is 481 g/mol. The van der Waals surface area contributed by atoms with Crippen molar-refractivity contribution in [3.63, 3.8) is 0 Å². The van der Waals surface area contributed by atoms with Crippen LogP contribution < -0.4 is 11.1 Å². The lowest BCUT2D eigenvalue weighted by Crippen LogP contribution is -2.23. The van der Waals surface area contributed by atoms with Gasteiger partial charge in [0.15, 0.2) is 11.5 Å². The quantitative estimate of drug-likeness (QED) is 0.344. The molecule has 0 saturated carbocycles. The Bertz CT molecular complexity index is 1820. The van der Waals surface area contributed by atoms with Crippen molar-refractivity contribution >= 4 is 28.3 Å². The van der Waals surface area contributed by atoms with Crippen LogP contribution in [0.2, 0.25) is 0 Å². The Morgan fingerprint density at radius 2 is 1.79 bits per heavy atom. The van der Waals surface area contributed by atoms with Crippen molar-refractivity contribution in [2.75, 3.05) is 5.73 Å². The number of nitrogens with two attached hydrogens (primary N) is 1. The summed E-state index contributed by atoms with van der Waals surface area (Å²) in [4.78, 5) is 30.9. The van der Waals surface area contributed by atoms with Crippen LogP contribution in [-0.2, 0) is 6.54 Å². The minimum absolute atomic E-state index is 0.149. The van der Waals surface area contributed by atoms with Gasteiger partial charge in [0.2, 0.25) is 0 Å². The largest absolute Gasteiger partial charge is 0.381 e. The molecule has 0 aliphatic heterocycles. The summed E-state index contributed by atoms with van der Waals surface area (Å²) >= 11 is 0. The summed E-state index contributed by atoms with van der Waals surface area (Å²) in [5.74, 6) is -0.576. The number of nitrogen functional groups attached to an aromatic ring is 1. The fourth-order valence-corrected chi connectivity index (χ4v) is 4.46. The number of hydrogen-bond acceptors (Lipinski definition) is 6. The zero-order valence-electron chi connectivity index (χ0n) is 20.4. The van der Waals surface area contributed by atoms with Crippen molar-refractivity contribution in [3.8, 4) is 22.5 Å². The number of carbonyl (C=O) groups excluding carboxylic acids is 1. The molecule has 0 aliphatic rings. The van der Waals surface area contributed by atoms with E-state index >= 15 is 0 Å². The average Bonchev–Trinajstić information content (AvgIpc) is 3.39. The van der Waals surface area contributed by atoms with Crippen LogP contribution in [0.15, 0.2) is 85.3 Å². The molecule has 2 aromatic carbocycles. The molecular formula is C29H22FN7O. The number of amides is 1. The van der Waals surface area contributed by atoms with Gasteiger partial charge in [-0.05, 0) is 67.1 Å². The topological polar surface area (TPSA) is 111 Å². The molecule has 0 radical (unpaired) electrons. The van der Waals surface area contributed by atoms with Gasteiger partial charge in [-0.15, -0.1) is 0 Å². The van der Waals surface area contributed by atoms with Gasteiger partial charge in [-0.1, -0.05) is 12.1 Å². The maximum atomic E-state index is 13.7. The third-order valence-corrected chi connectivity index (χ3v) is 6.37. The highest BCUT2D eigenvalue weighted by molar-refractivity contribution is 5.95. The van der Waals surface area contributed by atoms with Crippen molar-refractivity contribution in [1.82, 2.24) is 29.7 Å². The van der Waals surface area contributed by atoms with E-state index in [0.717, 1.165) is 27.7 Å². The van der Waals surface area contributed by atoms with Crippen LogP contribution in [0.25, 0.3) is 39.1 Å². The molecule has 186 valence electrons. The summed E-state index contributed by atoms with van der Waals surface area (Å²) in [5.41, 5.74) is 12.2. The number of fused-ring (bicyclic) bond motifs is 2. The standard InChI is InChI=1S/C29H22FN7O/c1-17-11-13-33-23-10-7-19(14-22(17)23)26-25(18-5-8-20(30)9-6-18)36-27(31)28-35-24(16-37(26)28)29(38)34-15-21-4-2-3-12-32-21/h2-14,16H,15H2,1H3,(H2,31,36)(H,34,38). The van der Waals surface area contributed by atoms with Gasteiger partial charge >= 0.3 is 0 Å². The monoisotopic (exact) mass is 503 g/mol. The number of aryl methyl sites for hydroxylation is 1. The van der Waals surface area contributed by atoms with Gasteiger partial charge in [0.05, 0.1) is 29.1 Å². The van der Waals surface area contributed by atoms with Gasteiger partial charge in [0.1, 0.15) is 11.5 Å². The smallest absolute Gasteiger partial charge is 0.271 e. The van der Waals surface area contributed by atoms with Gasteiger partial charge in [0, 0.05) is 35.1 Å². The third kappa shape index (κ3) is 4.20. The van der Waals surface area contributed by atoms with Crippen LogP contribution in [0.4, 0.5) is 10.2 Å². The van der Waals surface area contributed by atoms with Crippen LogP contribution in [0.1, 0.15) is 21.7 Å². The van der Waals surface area contributed by atoms with Crippen molar-refractivity contribution in [2.24, 2.45) is 0 Å². The second-order valence-electron chi connectivity index (χ2n) is 8.88. The molecule has 0 bridgehead atoms. The molecule has 1 amide bonds. The number of pyridine rings is 2. The first kappa shape index (κ1) is 23.2. The zero-order valence-corrected chi connectivity index (χ0v) is 20.4. The number of rotatable bonds is 5. The van der Waals surface area contributed by atoms with Crippen LogP contribution in [0.5, 0.6) is 0 Å². The predicted molar refractivity (Wildman–Crippen MR) is 144 cm³/mol. The minimum atomic E-state index is -0.369. The van der Waals surface area contributed by atoms with E-state index in [9.17, 15) is 9.18 Å². The Morgan fingerprint density at radius 1 is 0.974 bits per heavy atom. The van der Waals surface area contributed by atoms with Crippen molar-refractivity contribution in [2.45, 2.75) is 13.5 Å². The van der Waals surface area contributed by atoms with Crippen LogP contribution in [-0.4, -0.2) is 30.2 Å². The van der Waals surface area contributed by atoms with Crippen LogP contribution in [0, 0.1) is 12.7 Å². The zero-order chi connectivity index (χ0) is 26.2. The molecule has 0 unspecified atom stereocenters. The highest BCUT2D eigenvalue weighted by Gasteiger charge is 2.21. The van der Waals surface area contributed by atoms with Crippen molar-refractivity contribution in [1.29, 1.82) is 0 Å². The molecule has 38 heavy (non-hydrogen) atoms. The minimum Gasteiger partial charge on any atom is -0.381 e. The summed E-state index contributed by atoms with van der Waals surface area (Å²) in [7, 11) is 0. The van der Waals surface area contributed by atoms with Gasteiger partial charge < -0.3 is 11.1 Å². The number of carbonyl (C=O) groups is 1. The van der Waals surface area contributed by atoms with E-state index in [1.807, 2.05) is 49.4 Å². The first-order chi connectivity index (χ1) is 18.5. The Balaban J connectivity index is 1.53.